The molecule has 0 aromatic heterocycles. The highest BCUT2D eigenvalue weighted by molar-refractivity contribution is 6.00. The molecule has 9 heteroatoms. The van der Waals surface area contributed by atoms with Crippen LogP contribution in [-0.2, 0) is 14.4 Å². The molecular formula is C17H20F3N3O3. The number of hydrogen-bond donors (Lipinski definition) is 2. The predicted octanol–water partition coefficient (Wildman–Crippen LogP) is 1.36. The number of carbonyl (C=O) groups excluding carboxylic acids is 3. The Labute approximate surface area is 148 Å². The Morgan fingerprint density at radius 2 is 1.65 bits per heavy atom. The minimum absolute atomic E-state index is 0.163. The molecule has 1 atom stereocenters. The third-order valence-electron chi connectivity index (χ3n) is 4.15. The number of nitrogens with zero attached hydrogens (tertiary/aromatic N) is 1. The number of aldehydes is 1. The van der Waals surface area contributed by atoms with Gasteiger partial charge in [0.25, 0.3) is 0 Å². The van der Waals surface area contributed by atoms with Crippen molar-refractivity contribution in [3.05, 3.63) is 29.8 Å². The zero-order valence-electron chi connectivity index (χ0n) is 14.0. The van der Waals surface area contributed by atoms with E-state index in [1.54, 1.807) is 0 Å². The standard InChI is InChI=1S/C15H19N3O2.C2HF3O/c19-14-6-5-13(15(20)17-14)11-1-3-12(4-2-11)18-9-7-16-8-10-18;3-2(4,5)1-6/h1-4,13,16H,5-10H2,(H,17,19,20);1H. The lowest BCUT2D eigenvalue weighted by atomic mass is 9.90. The largest absolute Gasteiger partial charge is 0.446 e. The van der Waals surface area contributed by atoms with Crippen LogP contribution < -0.4 is 15.5 Å². The maximum absolute atomic E-state index is 11.8. The van der Waals surface area contributed by atoms with Gasteiger partial charge in [0.15, 0.2) is 0 Å². The summed E-state index contributed by atoms with van der Waals surface area (Å²) in [6, 6.07) is 8.17. The van der Waals surface area contributed by atoms with E-state index in [9.17, 15) is 22.8 Å². The van der Waals surface area contributed by atoms with E-state index in [0.717, 1.165) is 31.7 Å². The fourth-order valence-corrected chi connectivity index (χ4v) is 2.85. The zero-order valence-corrected chi connectivity index (χ0v) is 14.0. The number of imide groups is 1. The lowest BCUT2D eigenvalue weighted by Crippen LogP contribution is -2.43. The minimum Gasteiger partial charge on any atom is -0.369 e. The van der Waals surface area contributed by atoms with Gasteiger partial charge in [0.05, 0.1) is 5.92 Å². The van der Waals surface area contributed by atoms with E-state index in [0.29, 0.717) is 12.8 Å². The number of piperazine rings is 1. The van der Waals surface area contributed by atoms with E-state index < -0.39 is 12.5 Å². The molecule has 2 aliphatic rings. The number of amides is 2. The van der Waals surface area contributed by atoms with E-state index in [4.69, 9.17) is 4.79 Å². The Morgan fingerprint density at radius 1 is 1.08 bits per heavy atom. The summed E-state index contributed by atoms with van der Waals surface area (Å²) in [4.78, 5) is 34.0. The molecule has 2 heterocycles. The van der Waals surface area contributed by atoms with Crippen molar-refractivity contribution in [3.63, 3.8) is 0 Å². The second kappa shape index (κ2) is 8.79. The second-order valence-corrected chi connectivity index (χ2v) is 5.99. The highest BCUT2D eigenvalue weighted by atomic mass is 19.4. The molecule has 1 unspecified atom stereocenters. The van der Waals surface area contributed by atoms with Crippen molar-refractivity contribution in [1.29, 1.82) is 0 Å². The van der Waals surface area contributed by atoms with E-state index in [-0.39, 0.29) is 17.7 Å². The summed E-state index contributed by atoms with van der Waals surface area (Å²) in [5.41, 5.74) is 2.19. The molecular weight excluding hydrogens is 351 g/mol. The number of piperidine rings is 1. The SMILES string of the molecule is O=C1CCC(c2ccc(N3CCNCC3)cc2)C(=O)N1.O=CC(F)(F)F. The monoisotopic (exact) mass is 371 g/mol. The molecule has 3 rings (SSSR count). The minimum atomic E-state index is -4.64. The first-order chi connectivity index (χ1) is 12.3. The number of carbonyl (C=O) groups is 3. The fraction of sp³-hybridized carbons (Fsp3) is 0.471. The summed E-state index contributed by atoms with van der Waals surface area (Å²) in [7, 11) is 0. The Hall–Kier alpha value is -2.42. The molecule has 2 amide bonds. The van der Waals surface area contributed by atoms with E-state index in [2.05, 4.69) is 27.7 Å². The normalized spacial score (nSPS) is 20.7. The average Bonchev–Trinajstić information content (AvgIpc) is 2.63. The molecule has 2 aliphatic heterocycles. The van der Waals surface area contributed by atoms with E-state index in [1.165, 1.54) is 5.69 Å². The molecule has 6 nitrogen and oxygen atoms in total. The number of rotatable bonds is 2. The molecule has 0 aliphatic carbocycles. The average molecular weight is 371 g/mol. The van der Waals surface area contributed by atoms with Crippen LogP contribution in [0.1, 0.15) is 24.3 Å². The van der Waals surface area contributed by atoms with Gasteiger partial charge in [-0.3, -0.25) is 19.7 Å². The number of anilines is 1. The summed E-state index contributed by atoms with van der Waals surface area (Å²) in [5.74, 6) is -0.523. The topological polar surface area (TPSA) is 78.5 Å². The summed E-state index contributed by atoms with van der Waals surface area (Å²) in [6.07, 6.45) is -4.67. The van der Waals surface area contributed by atoms with E-state index >= 15 is 0 Å². The van der Waals surface area contributed by atoms with Crippen molar-refractivity contribution in [1.82, 2.24) is 10.6 Å². The van der Waals surface area contributed by atoms with Crippen molar-refractivity contribution >= 4 is 23.8 Å². The molecule has 2 fully saturated rings. The molecule has 0 radical (unpaired) electrons. The smallest absolute Gasteiger partial charge is 0.369 e. The van der Waals surface area contributed by atoms with Crippen LogP contribution in [0.15, 0.2) is 24.3 Å². The number of nitrogens with one attached hydrogen (secondary N) is 2. The molecule has 0 bridgehead atoms. The van der Waals surface area contributed by atoms with Crippen LogP contribution in [0.4, 0.5) is 18.9 Å². The Bertz CT molecular complexity index is 641. The molecule has 0 spiro atoms. The third kappa shape index (κ3) is 5.83. The predicted molar refractivity (Wildman–Crippen MR) is 88.8 cm³/mol. The van der Waals surface area contributed by atoms with Crippen LogP contribution in [0.5, 0.6) is 0 Å². The molecule has 1 aromatic carbocycles. The van der Waals surface area contributed by atoms with Gasteiger partial charge in [-0.1, -0.05) is 12.1 Å². The van der Waals surface area contributed by atoms with Crippen LogP contribution in [0.25, 0.3) is 0 Å². The Balaban J connectivity index is 0.000000352. The highest BCUT2D eigenvalue weighted by Gasteiger charge is 2.28. The van der Waals surface area contributed by atoms with Gasteiger partial charge in [-0.25, -0.2) is 0 Å². The van der Waals surface area contributed by atoms with E-state index in [1.807, 2.05) is 12.1 Å². The van der Waals surface area contributed by atoms with Gasteiger partial charge in [0.1, 0.15) is 0 Å². The van der Waals surface area contributed by atoms with Gasteiger partial charge in [-0.2, -0.15) is 13.2 Å². The maximum Gasteiger partial charge on any atom is 0.446 e. The first-order valence-corrected chi connectivity index (χ1v) is 8.22. The second-order valence-electron chi connectivity index (χ2n) is 5.99. The van der Waals surface area contributed by atoms with Crippen molar-refractivity contribution in [3.8, 4) is 0 Å². The molecule has 2 saturated heterocycles. The van der Waals surface area contributed by atoms with Crippen molar-refractivity contribution in [2.45, 2.75) is 24.9 Å². The summed E-state index contributed by atoms with van der Waals surface area (Å²) >= 11 is 0. The summed E-state index contributed by atoms with van der Waals surface area (Å²) in [6.45, 7) is 4.04. The van der Waals surface area contributed by atoms with Gasteiger partial charge in [-0.05, 0) is 24.1 Å². The molecule has 26 heavy (non-hydrogen) atoms. The van der Waals surface area contributed by atoms with Crippen molar-refractivity contribution in [2.75, 3.05) is 31.1 Å². The zero-order chi connectivity index (χ0) is 19.2. The van der Waals surface area contributed by atoms with Crippen LogP contribution in [0, 0.1) is 0 Å². The van der Waals surface area contributed by atoms with Crippen LogP contribution in [0.3, 0.4) is 0 Å². The van der Waals surface area contributed by atoms with Crippen molar-refractivity contribution < 1.29 is 27.6 Å². The highest BCUT2D eigenvalue weighted by Crippen LogP contribution is 2.26. The van der Waals surface area contributed by atoms with Gasteiger partial charge >= 0.3 is 6.18 Å². The number of halogens is 3. The lowest BCUT2D eigenvalue weighted by Gasteiger charge is -2.30. The Morgan fingerprint density at radius 3 is 2.15 bits per heavy atom. The van der Waals surface area contributed by atoms with Gasteiger partial charge in [0, 0.05) is 38.3 Å². The molecule has 142 valence electrons. The number of hydrogen-bond acceptors (Lipinski definition) is 5. The third-order valence-corrected chi connectivity index (χ3v) is 4.15. The first kappa shape index (κ1) is 19.9. The number of alkyl halides is 3. The van der Waals surface area contributed by atoms with Crippen LogP contribution >= 0.6 is 0 Å². The maximum atomic E-state index is 11.8. The summed E-state index contributed by atoms with van der Waals surface area (Å²) < 4.78 is 31.2. The van der Waals surface area contributed by atoms with Gasteiger partial charge in [0.2, 0.25) is 18.1 Å². The quantitative estimate of drug-likeness (QED) is 0.606. The molecule has 0 saturated carbocycles. The first-order valence-electron chi connectivity index (χ1n) is 8.22. The lowest BCUT2D eigenvalue weighted by molar-refractivity contribution is -0.156. The molecule has 2 N–H and O–H groups in total. The van der Waals surface area contributed by atoms with Crippen molar-refractivity contribution in [2.24, 2.45) is 0 Å². The summed E-state index contributed by atoms with van der Waals surface area (Å²) in [5, 5.41) is 5.74. The van der Waals surface area contributed by atoms with Crippen LogP contribution in [-0.4, -0.2) is 50.5 Å². The van der Waals surface area contributed by atoms with Gasteiger partial charge in [-0.15, -0.1) is 0 Å². The van der Waals surface area contributed by atoms with Gasteiger partial charge < -0.3 is 10.2 Å². The number of benzene rings is 1. The molecule has 1 aromatic rings. The fourth-order valence-electron chi connectivity index (χ4n) is 2.85. The Kier molecular flexibility index (Phi) is 6.73. The van der Waals surface area contributed by atoms with Crippen LogP contribution in [0.2, 0.25) is 0 Å².